The van der Waals surface area contributed by atoms with Gasteiger partial charge in [-0.25, -0.2) is 0 Å². The molecule has 7 heteroatoms. The maximum Gasteiger partial charge on any atom is 0.313 e. The van der Waals surface area contributed by atoms with Gasteiger partial charge < -0.3 is 20.2 Å². The van der Waals surface area contributed by atoms with Crippen LogP contribution in [0.25, 0.3) is 0 Å². The van der Waals surface area contributed by atoms with Gasteiger partial charge >= 0.3 is 11.8 Å². The largest absolute Gasteiger partial charge is 0.467 e. The molecular formula is C12H12N2O4S. The van der Waals surface area contributed by atoms with E-state index >= 15 is 0 Å². The molecule has 2 heterocycles. The van der Waals surface area contributed by atoms with Crippen LogP contribution in [0.3, 0.4) is 0 Å². The van der Waals surface area contributed by atoms with Gasteiger partial charge in [0.15, 0.2) is 0 Å². The zero-order valence-electron chi connectivity index (χ0n) is 9.83. The molecule has 3 N–H and O–H groups in total. The van der Waals surface area contributed by atoms with Crippen molar-refractivity contribution in [1.29, 1.82) is 0 Å². The highest BCUT2D eigenvalue weighted by Crippen LogP contribution is 2.13. The minimum atomic E-state index is -0.832. The van der Waals surface area contributed by atoms with Gasteiger partial charge in [0.25, 0.3) is 0 Å². The van der Waals surface area contributed by atoms with E-state index in [1.807, 2.05) is 0 Å². The first kappa shape index (κ1) is 13.3. The van der Waals surface area contributed by atoms with Gasteiger partial charge in [-0.15, -0.1) is 0 Å². The first-order valence-electron chi connectivity index (χ1n) is 5.49. The van der Waals surface area contributed by atoms with E-state index in [2.05, 4.69) is 10.6 Å². The number of hydrogen-bond donors (Lipinski definition) is 3. The fraction of sp³-hybridized carbons (Fsp3) is 0.167. The van der Waals surface area contributed by atoms with Gasteiger partial charge in [-0.3, -0.25) is 9.59 Å². The lowest BCUT2D eigenvalue weighted by Crippen LogP contribution is -2.38. The molecule has 2 aromatic heterocycles. The summed E-state index contributed by atoms with van der Waals surface area (Å²) in [5.41, 5.74) is 0.559. The molecule has 19 heavy (non-hydrogen) atoms. The fourth-order valence-corrected chi connectivity index (χ4v) is 2.03. The summed E-state index contributed by atoms with van der Waals surface area (Å²) in [6.45, 7) is -0.356. The Morgan fingerprint density at radius 3 is 2.79 bits per heavy atom. The molecule has 100 valence electrons. The van der Waals surface area contributed by atoms with Crippen molar-refractivity contribution in [2.24, 2.45) is 0 Å². The molecule has 0 aromatic carbocycles. The van der Waals surface area contributed by atoms with Crippen LogP contribution in [0, 0.1) is 0 Å². The highest BCUT2D eigenvalue weighted by atomic mass is 32.1. The number of carbonyl (C=O) groups excluding carboxylic acids is 2. The lowest BCUT2D eigenvalue weighted by Gasteiger charge is -2.13. The van der Waals surface area contributed by atoms with Crippen molar-refractivity contribution in [1.82, 2.24) is 5.32 Å². The first-order chi connectivity index (χ1) is 9.20. The Labute approximate surface area is 113 Å². The number of rotatable bonds is 4. The van der Waals surface area contributed by atoms with Crippen LogP contribution in [0.2, 0.25) is 0 Å². The van der Waals surface area contributed by atoms with Crippen LogP contribution in [-0.4, -0.2) is 23.5 Å². The van der Waals surface area contributed by atoms with Gasteiger partial charge in [0.2, 0.25) is 0 Å². The Hall–Kier alpha value is -2.12. The molecule has 0 saturated heterocycles. The van der Waals surface area contributed by atoms with Crippen LogP contribution < -0.4 is 10.6 Å². The number of aliphatic hydroxyl groups is 1. The number of anilines is 1. The summed E-state index contributed by atoms with van der Waals surface area (Å²) in [6.07, 6.45) is 1.43. The predicted octanol–water partition coefficient (Wildman–Crippen LogP) is 1.13. The predicted molar refractivity (Wildman–Crippen MR) is 69.6 cm³/mol. The Kier molecular flexibility index (Phi) is 4.32. The highest BCUT2D eigenvalue weighted by Gasteiger charge is 2.21. The molecule has 1 atom stereocenters. The van der Waals surface area contributed by atoms with Crippen molar-refractivity contribution in [3.63, 3.8) is 0 Å². The number of furan rings is 1. The van der Waals surface area contributed by atoms with Crippen LogP contribution in [0.5, 0.6) is 0 Å². The summed E-state index contributed by atoms with van der Waals surface area (Å²) in [5.74, 6) is -1.23. The second-order valence-electron chi connectivity index (χ2n) is 3.69. The van der Waals surface area contributed by atoms with E-state index in [0.717, 1.165) is 0 Å². The molecule has 2 amide bonds. The lowest BCUT2D eigenvalue weighted by molar-refractivity contribution is -0.136. The average Bonchev–Trinajstić information content (AvgIpc) is 3.08. The second kappa shape index (κ2) is 6.17. The molecule has 0 aliphatic rings. The molecule has 2 rings (SSSR count). The fourth-order valence-electron chi connectivity index (χ4n) is 1.44. The third-order valence-electron chi connectivity index (χ3n) is 2.36. The molecule has 0 aliphatic heterocycles. The van der Waals surface area contributed by atoms with Crippen LogP contribution >= 0.6 is 11.3 Å². The molecule has 0 aliphatic carbocycles. The zero-order valence-corrected chi connectivity index (χ0v) is 10.6. The summed E-state index contributed by atoms with van der Waals surface area (Å²) in [7, 11) is 0. The topological polar surface area (TPSA) is 91.6 Å². The maximum absolute atomic E-state index is 11.7. The number of thiophene rings is 1. The molecule has 6 nitrogen and oxygen atoms in total. The third kappa shape index (κ3) is 3.43. The van der Waals surface area contributed by atoms with Gasteiger partial charge in [0, 0.05) is 5.38 Å². The van der Waals surface area contributed by atoms with Crippen molar-refractivity contribution in [3.8, 4) is 0 Å². The van der Waals surface area contributed by atoms with Crippen LogP contribution in [0.4, 0.5) is 5.69 Å². The summed E-state index contributed by atoms with van der Waals surface area (Å²) in [6, 6.07) is 4.19. The Morgan fingerprint density at radius 1 is 1.37 bits per heavy atom. The van der Waals surface area contributed by atoms with Gasteiger partial charge in [0.1, 0.15) is 11.8 Å². The van der Waals surface area contributed by atoms with Crippen molar-refractivity contribution < 1.29 is 19.1 Å². The lowest BCUT2D eigenvalue weighted by atomic mass is 10.2. The molecule has 0 saturated carbocycles. The van der Waals surface area contributed by atoms with Crippen LogP contribution in [0.15, 0.2) is 39.6 Å². The minimum absolute atomic E-state index is 0.356. The molecule has 0 fully saturated rings. The van der Waals surface area contributed by atoms with Gasteiger partial charge in [-0.1, -0.05) is 0 Å². The first-order valence-corrected chi connectivity index (χ1v) is 6.43. The molecule has 2 aromatic rings. The number of nitrogens with one attached hydrogen (secondary N) is 2. The monoisotopic (exact) mass is 280 g/mol. The smallest absolute Gasteiger partial charge is 0.313 e. The van der Waals surface area contributed by atoms with Crippen LogP contribution in [0.1, 0.15) is 11.8 Å². The van der Waals surface area contributed by atoms with Gasteiger partial charge in [-0.2, -0.15) is 11.3 Å². The minimum Gasteiger partial charge on any atom is -0.467 e. The van der Waals surface area contributed by atoms with Crippen molar-refractivity contribution in [2.45, 2.75) is 6.04 Å². The highest BCUT2D eigenvalue weighted by molar-refractivity contribution is 7.08. The third-order valence-corrected chi connectivity index (χ3v) is 3.04. The second-order valence-corrected chi connectivity index (χ2v) is 4.47. The van der Waals surface area contributed by atoms with Crippen LogP contribution in [-0.2, 0) is 9.59 Å². The van der Waals surface area contributed by atoms with E-state index in [1.165, 1.54) is 17.6 Å². The van der Waals surface area contributed by atoms with E-state index in [9.17, 15) is 14.7 Å². The van der Waals surface area contributed by atoms with Gasteiger partial charge in [-0.05, 0) is 23.6 Å². The normalized spacial score (nSPS) is 11.8. The average molecular weight is 280 g/mol. The van der Waals surface area contributed by atoms with E-state index in [1.54, 1.807) is 29.0 Å². The molecular weight excluding hydrogens is 268 g/mol. The maximum atomic E-state index is 11.7. The number of amides is 2. The zero-order chi connectivity index (χ0) is 13.7. The van der Waals surface area contributed by atoms with E-state index < -0.39 is 17.9 Å². The van der Waals surface area contributed by atoms with E-state index in [-0.39, 0.29) is 6.61 Å². The van der Waals surface area contributed by atoms with Gasteiger partial charge in [0.05, 0.1) is 18.6 Å². The quantitative estimate of drug-likeness (QED) is 0.732. The Morgan fingerprint density at radius 2 is 2.21 bits per heavy atom. The summed E-state index contributed by atoms with van der Waals surface area (Å²) in [5, 5.41) is 17.5. The summed E-state index contributed by atoms with van der Waals surface area (Å²) < 4.78 is 5.07. The SMILES string of the molecule is O=C(Nc1ccsc1)C(=O)NC(CO)c1ccco1. The van der Waals surface area contributed by atoms with E-state index in [0.29, 0.717) is 11.4 Å². The van der Waals surface area contributed by atoms with E-state index in [4.69, 9.17) is 4.42 Å². The van der Waals surface area contributed by atoms with Crippen molar-refractivity contribution in [3.05, 3.63) is 41.0 Å². The van der Waals surface area contributed by atoms with Crippen molar-refractivity contribution in [2.75, 3.05) is 11.9 Å². The molecule has 0 radical (unpaired) electrons. The molecule has 0 bridgehead atoms. The molecule has 1 unspecified atom stereocenters. The number of carbonyl (C=O) groups is 2. The number of hydrogen-bond acceptors (Lipinski definition) is 5. The molecule has 0 spiro atoms. The van der Waals surface area contributed by atoms with Crippen molar-refractivity contribution >= 4 is 28.8 Å². The Bertz CT molecular complexity index is 536. The number of aliphatic hydroxyl groups excluding tert-OH is 1. The standard InChI is InChI=1S/C12H12N2O4S/c15-6-9(10-2-1-4-18-10)14-12(17)11(16)13-8-3-5-19-7-8/h1-5,7,9,15H,6H2,(H,13,16)(H,14,17). The summed E-state index contributed by atoms with van der Waals surface area (Å²) >= 11 is 1.41. The summed E-state index contributed by atoms with van der Waals surface area (Å²) in [4.78, 5) is 23.3. The Balaban J connectivity index is 1.94.